The molecule has 0 saturated carbocycles. The Balaban J connectivity index is 1.62. The lowest BCUT2D eigenvalue weighted by atomic mass is 10.1. The minimum absolute atomic E-state index is 0.0315. The van der Waals surface area contributed by atoms with Gasteiger partial charge in [0.15, 0.2) is 11.5 Å². The minimum atomic E-state index is -0.478. The van der Waals surface area contributed by atoms with Crippen molar-refractivity contribution in [2.24, 2.45) is 0 Å². The Morgan fingerprint density at radius 3 is 2.16 bits per heavy atom. The van der Waals surface area contributed by atoms with E-state index in [4.69, 9.17) is 9.72 Å². The first-order valence-corrected chi connectivity index (χ1v) is 10.9. The molecule has 7 heteroatoms. The molecule has 2 heterocycles. The number of anilines is 1. The summed E-state index contributed by atoms with van der Waals surface area (Å²) in [5, 5.41) is 0. The number of carbonyl (C=O) groups is 2. The number of benzene rings is 2. The number of aromatic nitrogens is 2. The SMILES string of the molecule is CCOC(=O)c1nc2cc(C)c(C)cc2nc1N1CCN(C(=O)c2ccccc2C)CC1. The highest BCUT2D eigenvalue weighted by Crippen LogP contribution is 2.25. The number of esters is 1. The van der Waals surface area contributed by atoms with Crippen molar-refractivity contribution < 1.29 is 14.3 Å². The van der Waals surface area contributed by atoms with Gasteiger partial charge in [0.05, 0.1) is 17.6 Å². The van der Waals surface area contributed by atoms with Crippen LogP contribution in [-0.4, -0.2) is 59.5 Å². The minimum Gasteiger partial charge on any atom is -0.461 e. The molecule has 7 nitrogen and oxygen atoms in total. The van der Waals surface area contributed by atoms with Crippen LogP contribution in [0.4, 0.5) is 5.82 Å². The van der Waals surface area contributed by atoms with Crippen LogP contribution >= 0.6 is 0 Å². The van der Waals surface area contributed by atoms with Crippen molar-refractivity contribution in [1.82, 2.24) is 14.9 Å². The second kappa shape index (κ2) is 8.94. The third-order valence-electron chi connectivity index (χ3n) is 5.97. The van der Waals surface area contributed by atoms with Gasteiger partial charge in [0.2, 0.25) is 0 Å². The van der Waals surface area contributed by atoms with Crippen LogP contribution in [0.25, 0.3) is 11.0 Å². The lowest BCUT2D eigenvalue weighted by molar-refractivity contribution is 0.0519. The maximum absolute atomic E-state index is 13.0. The number of ether oxygens (including phenoxy) is 1. The van der Waals surface area contributed by atoms with Gasteiger partial charge in [0, 0.05) is 31.7 Å². The summed E-state index contributed by atoms with van der Waals surface area (Å²) in [6.07, 6.45) is 0. The molecule has 0 N–H and O–H groups in total. The summed E-state index contributed by atoms with van der Waals surface area (Å²) in [6.45, 7) is 10.3. The molecule has 0 bridgehead atoms. The zero-order valence-electron chi connectivity index (χ0n) is 19.0. The smallest absolute Gasteiger partial charge is 0.360 e. The summed E-state index contributed by atoms with van der Waals surface area (Å²) >= 11 is 0. The third-order valence-corrected chi connectivity index (χ3v) is 5.97. The van der Waals surface area contributed by atoms with Crippen molar-refractivity contribution in [3.8, 4) is 0 Å². The molecule has 1 amide bonds. The van der Waals surface area contributed by atoms with Crippen LogP contribution in [0.2, 0.25) is 0 Å². The van der Waals surface area contributed by atoms with Gasteiger partial charge < -0.3 is 14.5 Å². The van der Waals surface area contributed by atoms with E-state index in [0.29, 0.717) is 37.5 Å². The monoisotopic (exact) mass is 432 g/mol. The summed E-state index contributed by atoms with van der Waals surface area (Å²) in [5.41, 5.74) is 5.55. The van der Waals surface area contributed by atoms with E-state index >= 15 is 0 Å². The number of amides is 1. The van der Waals surface area contributed by atoms with E-state index in [0.717, 1.165) is 27.8 Å². The Hall–Kier alpha value is -3.48. The first-order chi connectivity index (χ1) is 15.4. The van der Waals surface area contributed by atoms with Crippen LogP contribution < -0.4 is 4.90 Å². The highest BCUT2D eigenvalue weighted by Gasteiger charge is 2.28. The van der Waals surface area contributed by atoms with Crippen LogP contribution in [0.15, 0.2) is 36.4 Å². The molecule has 3 aromatic rings. The molecule has 0 aliphatic carbocycles. The van der Waals surface area contributed by atoms with Crippen LogP contribution in [0.1, 0.15) is 44.5 Å². The number of piperazine rings is 1. The normalized spacial score (nSPS) is 14.0. The summed E-state index contributed by atoms with van der Waals surface area (Å²) in [4.78, 5) is 39.0. The van der Waals surface area contributed by atoms with Crippen LogP contribution in [0.3, 0.4) is 0 Å². The van der Waals surface area contributed by atoms with Crippen molar-refractivity contribution in [1.29, 1.82) is 0 Å². The van der Waals surface area contributed by atoms with Crippen molar-refractivity contribution in [3.63, 3.8) is 0 Å². The zero-order valence-corrected chi connectivity index (χ0v) is 19.0. The molecule has 1 aromatic heterocycles. The molecule has 32 heavy (non-hydrogen) atoms. The number of hydrogen-bond acceptors (Lipinski definition) is 6. The van der Waals surface area contributed by atoms with Gasteiger partial charge in [-0.15, -0.1) is 0 Å². The first-order valence-electron chi connectivity index (χ1n) is 10.9. The third kappa shape index (κ3) is 4.15. The van der Waals surface area contributed by atoms with E-state index in [9.17, 15) is 9.59 Å². The molecule has 4 rings (SSSR count). The maximum atomic E-state index is 13.0. The quantitative estimate of drug-likeness (QED) is 0.585. The van der Waals surface area contributed by atoms with Gasteiger partial charge in [-0.1, -0.05) is 18.2 Å². The molecule has 166 valence electrons. The van der Waals surface area contributed by atoms with E-state index < -0.39 is 5.97 Å². The van der Waals surface area contributed by atoms with E-state index in [2.05, 4.69) is 4.98 Å². The Morgan fingerprint density at radius 1 is 0.906 bits per heavy atom. The lowest BCUT2D eigenvalue weighted by Crippen LogP contribution is -2.49. The molecule has 1 aliphatic heterocycles. The molecule has 0 unspecified atom stereocenters. The highest BCUT2D eigenvalue weighted by molar-refractivity contribution is 5.97. The predicted molar refractivity (Wildman–Crippen MR) is 124 cm³/mol. The molecule has 2 aromatic carbocycles. The van der Waals surface area contributed by atoms with Gasteiger partial charge >= 0.3 is 5.97 Å². The molecule has 0 atom stereocenters. The lowest BCUT2D eigenvalue weighted by Gasteiger charge is -2.36. The summed E-state index contributed by atoms with van der Waals surface area (Å²) in [6, 6.07) is 11.6. The maximum Gasteiger partial charge on any atom is 0.360 e. The van der Waals surface area contributed by atoms with Crippen molar-refractivity contribution in [3.05, 3.63) is 64.3 Å². The summed E-state index contributed by atoms with van der Waals surface area (Å²) < 4.78 is 5.26. The zero-order chi connectivity index (χ0) is 22.8. The van der Waals surface area contributed by atoms with Crippen LogP contribution in [0, 0.1) is 20.8 Å². The highest BCUT2D eigenvalue weighted by atomic mass is 16.5. The fourth-order valence-electron chi connectivity index (χ4n) is 3.96. The molecule has 0 radical (unpaired) electrons. The second-order valence-corrected chi connectivity index (χ2v) is 8.14. The predicted octanol–water partition coefficient (Wildman–Crippen LogP) is 3.69. The topological polar surface area (TPSA) is 75.6 Å². The molecule has 0 spiro atoms. The summed E-state index contributed by atoms with van der Waals surface area (Å²) in [7, 11) is 0. The van der Waals surface area contributed by atoms with Crippen molar-refractivity contribution in [2.45, 2.75) is 27.7 Å². The van der Waals surface area contributed by atoms with Gasteiger partial charge in [0.25, 0.3) is 5.91 Å². The van der Waals surface area contributed by atoms with E-state index in [1.54, 1.807) is 6.92 Å². The van der Waals surface area contributed by atoms with Crippen LogP contribution in [0.5, 0.6) is 0 Å². The first kappa shape index (κ1) is 21.7. The Morgan fingerprint density at radius 2 is 1.53 bits per heavy atom. The average Bonchev–Trinajstić information content (AvgIpc) is 2.79. The van der Waals surface area contributed by atoms with Crippen LogP contribution in [-0.2, 0) is 4.74 Å². The van der Waals surface area contributed by atoms with Gasteiger partial charge in [-0.2, -0.15) is 0 Å². The number of aryl methyl sites for hydroxylation is 3. The Labute approximate surface area is 188 Å². The van der Waals surface area contributed by atoms with Gasteiger partial charge in [-0.3, -0.25) is 4.79 Å². The average molecular weight is 433 g/mol. The van der Waals surface area contributed by atoms with Gasteiger partial charge in [0.1, 0.15) is 0 Å². The number of rotatable bonds is 4. The van der Waals surface area contributed by atoms with Crippen molar-refractivity contribution >= 4 is 28.7 Å². The van der Waals surface area contributed by atoms with Crippen molar-refractivity contribution in [2.75, 3.05) is 37.7 Å². The molecule has 1 aliphatic rings. The fraction of sp³-hybridized carbons (Fsp3) is 0.360. The molecule has 1 fully saturated rings. The van der Waals surface area contributed by atoms with E-state index in [1.807, 2.05) is 67.0 Å². The van der Waals surface area contributed by atoms with E-state index in [-0.39, 0.29) is 18.2 Å². The fourth-order valence-corrected chi connectivity index (χ4v) is 3.96. The number of fused-ring (bicyclic) bond motifs is 1. The van der Waals surface area contributed by atoms with Gasteiger partial charge in [-0.25, -0.2) is 14.8 Å². The second-order valence-electron chi connectivity index (χ2n) is 8.14. The number of nitrogens with zero attached hydrogens (tertiary/aromatic N) is 4. The number of hydrogen-bond donors (Lipinski definition) is 0. The Bertz CT molecular complexity index is 1180. The molecular formula is C25H28N4O3. The largest absolute Gasteiger partial charge is 0.461 e. The molecular weight excluding hydrogens is 404 g/mol. The summed E-state index contributed by atoms with van der Waals surface area (Å²) in [5.74, 6) is 0.0693. The van der Waals surface area contributed by atoms with E-state index in [1.165, 1.54) is 0 Å². The Kier molecular flexibility index (Phi) is 6.08. The molecule has 1 saturated heterocycles. The van der Waals surface area contributed by atoms with Gasteiger partial charge in [-0.05, 0) is 62.6 Å². The number of carbonyl (C=O) groups excluding carboxylic acids is 2. The standard InChI is InChI=1S/C25H28N4O3/c1-5-32-25(31)22-23(27-21-15-18(4)17(3)14-20(21)26-22)28-10-12-29(13-11-28)24(30)19-9-7-6-8-16(19)2/h6-9,14-15H,5,10-13H2,1-4H3.